The van der Waals surface area contributed by atoms with Crippen LogP contribution in [0.1, 0.15) is 32.4 Å². The normalized spacial score (nSPS) is 30.7. The third kappa shape index (κ3) is 3.37. The first-order chi connectivity index (χ1) is 15.3. The van der Waals surface area contributed by atoms with Crippen LogP contribution in [0.3, 0.4) is 0 Å². The van der Waals surface area contributed by atoms with Crippen molar-refractivity contribution in [3.8, 4) is 22.8 Å². The summed E-state index contributed by atoms with van der Waals surface area (Å²) in [6.45, 7) is 3.96. The topological polar surface area (TPSA) is 98.0 Å². The highest BCUT2D eigenvalue weighted by molar-refractivity contribution is 5.66. The number of rotatable bonds is 4. The minimum Gasteiger partial charge on any atom is -0.507 e. The number of phenolic OH excluding ortho intramolecular Hbond substituents is 1. The number of hydrogen-bond acceptors (Lipinski definition) is 7. The van der Waals surface area contributed by atoms with Crippen molar-refractivity contribution in [2.24, 2.45) is 0 Å². The summed E-state index contributed by atoms with van der Waals surface area (Å²) in [6, 6.07) is 5.18. The van der Waals surface area contributed by atoms with E-state index in [1.807, 2.05) is 13.0 Å². The van der Waals surface area contributed by atoms with Gasteiger partial charge in [0.25, 0.3) is 0 Å². The SMILES string of the molecule is CO[C@@H]1C[C@]2(C)N[C@@]1(C)C/C(=C\c1cnc(-c3ccc(-n4ccnc4)cc3O)nn1)[C@@H]2F. The Hall–Kier alpha value is -3.17. The third-order valence-corrected chi connectivity index (χ3v) is 6.57. The molecule has 0 radical (unpaired) electrons. The van der Waals surface area contributed by atoms with E-state index >= 15 is 4.39 Å². The summed E-state index contributed by atoms with van der Waals surface area (Å²) in [5.41, 5.74) is 1.36. The highest BCUT2D eigenvalue weighted by Crippen LogP contribution is 2.47. The van der Waals surface area contributed by atoms with Crippen molar-refractivity contribution in [3.05, 3.63) is 54.4 Å². The third-order valence-electron chi connectivity index (χ3n) is 6.57. The zero-order valence-electron chi connectivity index (χ0n) is 18.2. The maximum Gasteiger partial charge on any atom is 0.185 e. The Balaban J connectivity index is 1.40. The molecule has 0 unspecified atom stereocenters. The maximum absolute atomic E-state index is 15.3. The van der Waals surface area contributed by atoms with Crippen molar-refractivity contribution in [3.63, 3.8) is 0 Å². The highest BCUT2D eigenvalue weighted by atomic mass is 19.1. The number of fused-ring (bicyclic) bond motifs is 2. The number of halogens is 1. The van der Waals surface area contributed by atoms with Crippen LogP contribution >= 0.6 is 0 Å². The van der Waals surface area contributed by atoms with Gasteiger partial charge >= 0.3 is 0 Å². The summed E-state index contributed by atoms with van der Waals surface area (Å²) in [5.74, 6) is 0.330. The molecule has 4 atom stereocenters. The number of nitrogens with zero attached hydrogens (tertiary/aromatic N) is 5. The summed E-state index contributed by atoms with van der Waals surface area (Å²) in [6.07, 6.45) is 8.29. The lowest BCUT2D eigenvalue weighted by Gasteiger charge is -2.41. The Morgan fingerprint density at radius 3 is 2.78 bits per heavy atom. The number of phenols is 1. The lowest BCUT2D eigenvalue weighted by Crippen LogP contribution is -2.59. The number of benzene rings is 1. The summed E-state index contributed by atoms with van der Waals surface area (Å²) < 4.78 is 22.8. The molecule has 3 aromatic rings. The maximum atomic E-state index is 15.3. The Morgan fingerprint density at radius 2 is 2.12 bits per heavy atom. The van der Waals surface area contributed by atoms with Crippen molar-refractivity contribution in [2.75, 3.05) is 7.11 Å². The minimum atomic E-state index is -1.16. The first-order valence-electron chi connectivity index (χ1n) is 10.5. The van der Waals surface area contributed by atoms with Crippen LogP contribution in [0, 0.1) is 0 Å². The van der Waals surface area contributed by atoms with E-state index in [9.17, 15) is 5.11 Å². The Labute approximate surface area is 185 Å². The average Bonchev–Trinajstić information content (AvgIpc) is 3.38. The van der Waals surface area contributed by atoms with Crippen LogP contribution in [-0.4, -0.2) is 60.3 Å². The van der Waals surface area contributed by atoms with Gasteiger partial charge in [0.05, 0.1) is 35.4 Å². The van der Waals surface area contributed by atoms with Gasteiger partial charge in [0.15, 0.2) is 5.82 Å². The van der Waals surface area contributed by atoms with Gasteiger partial charge in [-0.2, -0.15) is 0 Å². The number of imidazole rings is 1. The number of aromatic nitrogens is 5. The highest BCUT2D eigenvalue weighted by Gasteiger charge is 2.58. The second kappa shape index (κ2) is 7.46. The fourth-order valence-corrected chi connectivity index (χ4v) is 5.05. The molecule has 0 spiro atoms. The molecule has 166 valence electrons. The lowest BCUT2D eigenvalue weighted by molar-refractivity contribution is 0.0536. The zero-order valence-corrected chi connectivity index (χ0v) is 18.2. The Kier molecular flexibility index (Phi) is 4.83. The van der Waals surface area contributed by atoms with Gasteiger partial charge < -0.3 is 19.7 Å². The van der Waals surface area contributed by atoms with Gasteiger partial charge in [-0.3, -0.25) is 0 Å². The van der Waals surface area contributed by atoms with E-state index in [1.54, 1.807) is 54.8 Å². The van der Waals surface area contributed by atoms with Crippen LogP contribution in [0.5, 0.6) is 5.75 Å². The molecular formula is C23H25FN6O2. The first-order valence-corrected chi connectivity index (χ1v) is 10.5. The second-order valence-electron chi connectivity index (χ2n) is 9.03. The van der Waals surface area contributed by atoms with Gasteiger partial charge in [-0.25, -0.2) is 14.4 Å². The monoisotopic (exact) mass is 436 g/mol. The molecule has 0 aliphatic carbocycles. The molecule has 0 saturated carbocycles. The number of alkyl halides is 1. The van der Waals surface area contributed by atoms with E-state index in [1.165, 1.54) is 0 Å². The number of hydrogen-bond donors (Lipinski definition) is 2. The van der Waals surface area contributed by atoms with Crippen molar-refractivity contribution >= 4 is 6.08 Å². The smallest absolute Gasteiger partial charge is 0.185 e. The molecule has 2 aliphatic heterocycles. The van der Waals surface area contributed by atoms with E-state index in [-0.39, 0.29) is 17.4 Å². The molecule has 2 bridgehead atoms. The summed E-state index contributed by atoms with van der Waals surface area (Å²) in [4.78, 5) is 8.36. The molecule has 5 rings (SSSR count). The fourth-order valence-electron chi connectivity index (χ4n) is 5.05. The molecule has 8 nitrogen and oxygen atoms in total. The summed E-state index contributed by atoms with van der Waals surface area (Å²) >= 11 is 0. The number of nitrogens with one attached hydrogen (secondary N) is 1. The van der Waals surface area contributed by atoms with Gasteiger partial charge in [0.2, 0.25) is 0 Å². The van der Waals surface area contributed by atoms with Crippen LogP contribution in [0.25, 0.3) is 23.2 Å². The van der Waals surface area contributed by atoms with E-state index < -0.39 is 11.7 Å². The number of ether oxygens (including phenoxy) is 1. The van der Waals surface area contributed by atoms with Gasteiger partial charge in [-0.15, -0.1) is 10.2 Å². The van der Waals surface area contributed by atoms with Crippen LogP contribution in [-0.2, 0) is 4.74 Å². The average molecular weight is 436 g/mol. The van der Waals surface area contributed by atoms with E-state index in [0.29, 0.717) is 35.5 Å². The predicted molar refractivity (Wildman–Crippen MR) is 117 cm³/mol. The van der Waals surface area contributed by atoms with Gasteiger partial charge in [0.1, 0.15) is 17.6 Å². The van der Waals surface area contributed by atoms with Gasteiger partial charge in [-0.1, -0.05) is 0 Å². The predicted octanol–water partition coefficient (Wildman–Crippen LogP) is 3.08. The first kappa shape index (κ1) is 20.7. The minimum absolute atomic E-state index is 0.0364. The molecule has 2 N–H and O–H groups in total. The molecule has 1 aromatic carbocycles. The molecule has 2 fully saturated rings. The van der Waals surface area contributed by atoms with Gasteiger partial charge in [0, 0.05) is 31.1 Å². The molecule has 4 heterocycles. The quantitative estimate of drug-likeness (QED) is 0.649. The standard InChI is InChI=1S/C23H25FN6O2/c1-22-10-14(20(24)23(2,29-22)11-19(22)32-3)8-15-12-26-21(28-27-15)17-5-4-16(9-18(17)31)30-7-6-25-13-30/h4-9,12-13,19-20,29,31H,10-11H2,1-3H3/b14-8+/t19-,20+,22+,23+/m1/s1. The number of piperidine rings is 1. The van der Waals surface area contributed by atoms with Gasteiger partial charge in [-0.05, 0) is 50.5 Å². The van der Waals surface area contributed by atoms with Crippen LogP contribution in [0.4, 0.5) is 4.39 Å². The molecule has 9 heteroatoms. The van der Waals surface area contributed by atoms with E-state index in [0.717, 1.165) is 5.69 Å². The summed E-state index contributed by atoms with van der Waals surface area (Å²) in [5, 5.41) is 22.3. The van der Waals surface area contributed by atoms with Crippen LogP contribution in [0.2, 0.25) is 0 Å². The van der Waals surface area contributed by atoms with Crippen LogP contribution in [0.15, 0.2) is 48.7 Å². The molecular weight excluding hydrogens is 411 g/mol. The molecule has 0 amide bonds. The lowest BCUT2D eigenvalue weighted by atomic mass is 9.82. The fraction of sp³-hybridized carbons (Fsp3) is 0.391. The van der Waals surface area contributed by atoms with Crippen molar-refractivity contribution in [2.45, 2.75) is 50.0 Å². The molecule has 2 aromatic heterocycles. The second-order valence-corrected chi connectivity index (χ2v) is 9.03. The number of methoxy groups -OCH3 is 1. The largest absolute Gasteiger partial charge is 0.507 e. The molecule has 2 saturated heterocycles. The van der Waals surface area contributed by atoms with E-state index in [4.69, 9.17) is 4.74 Å². The van der Waals surface area contributed by atoms with Crippen molar-refractivity contribution in [1.82, 2.24) is 30.0 Å². The Bertz CT molecular complexity index is 1160. The molecule has 2 aliphatic rings. The van der Waals surface area contributed by atoms with Crippen LogP contribution < -0.4 is 5.32 Å². The Morgan fingerprint density at radius 1 is 1.28 bits per heavy atom. The molecule has 32 heavy (non-hydrogen) atoms. The number of aromatic hydroxyl groups is 1. The zero-order chi connectivity index (χ0) is 22.5. The van der Waals surface area contributed by atoms with Crippen molar-refractivity contribution < 1.29 is 14.2 Å². The van der Waals surface area contributed by atoms with Crippen molar-refractivity contribution in [1.29, 1.82) is 0 Å². The van der Waals surface area contributed by atoms with E-state index in [2.05, 4.69) is 32.4 Å². The summed E-state index contributed by atoms with van der Waals surface area (Å²) in [7, 11) is 1.67.